The third kappa shape index (κ3) is 3.00. The van der Waals surface area contributed by atoms with E-state index in [2.05, 4.69) is 24.3 Å². The van der Waals surface area contributed by atoms with Crippen LogP contribution in [0.1, 0.15) is 48.7 Å². The van der Waals surface area contributed by atoms with Crippen molar-refractivity contribution in [3.8, 4) is 0 Å². The highest BCUT2D eigenvalue weighted by molar-refractivity contribution is 7.15. The van der Waals surface area contributed by atoms with Gasteiger partial charge in [0.15, 0.2) is 5.13 Å². The van der Waals surface area contributed by atoms with Gasteiger partial charge < -0.3 is 15.0 Å². The second kappa shape index (κ2) is 6.41. The summed E-state index contributed by atoms with van der Waals surface area (Å²) in [4.78, 5) is 8.60. The van der Waals surface area contributed by atoms with E-state index in [0.29, 0.717) is 12.1 Å². The van der Waals surface area contributed by atoms with Crippen molar-refractivity contribution in [2.24, 2.45) is 0 Å². The van der Waals surface area contributed by atoms with Crippen molar-refractivity contribution in [3.63, 3.8) is 0 Å². The minimum absolute atomic E-state index is 0.384. The van der Waals surface area contributed by atoms with Gasteiger partial charge in [0.25, 0.3) is 0 Å². The van der Waals surface area contributed by atoms with Gasteiger partial charge in [0, 0.05) is 31.1 Å². The highest BCUT2D eigenvalue weighted by atomic mass is 32.1. The maximum Gasteiger partial charge on any atom is 0.185 e. The summed E-state index contributed by atoms with van der Waals surface area (Å²) < 4.78 is 5.84. The number of nitrogens with one attached hydrogen (secondary N) is 1. The molecule has 1 fully saturated rings. The molecule has 5 heteroatoms. The molecule has 0 saturated carbocycles. The Balaban J connectivity index is 1.68. The first-order chi connectivity index (χ1) is 9.78. The summed E-state index contributed by atoms with van der Waals surface area (Å²) in [6, 6.07) is 0.504. The maximum absolute atomic E-state index is 5.84. The van der Waals surface area contributed by atoms with Gasteiger partial charge in [-0.2, -0.15) is 0 Å². The molecular formula is C15H25N3OS. The molecule has 20 heavy (non-hydrogen) atoms. The minimum Gasteiger partial charge on any atom is -0.376 e. The lowest BCUT2D eigenvalue weighted by Crippen LogP contribution is -2.33. The molecule has 0 radical (unpaired) electrons. The lowest BCUT2D eigenvalue weighted by molar-refractivity contribution is 0.0216. The smallest absolute Gasteiger partial charge is 0.185 e. The molecule has 1 saturated heterocycles. The van der Waals surface area contributed by atoms with Gasteiger partial charge in [0.1, 0.15) is 0 Å². The largest absolute Gasteiger partial charge is 0.376 e. The van der Waals surface area contributed by atoms with Crippen molar-refractivity contribution >= 4 is 16.5 Å². The van der Waals surface area contributed by atoms with Crippen LogP contribution >= 0.6 is 11.3 Å². The van der Waals surface area contributed by atoms with Crippen LogP contribution in [0.3, 0.4) is 0 Å². The second-order valence-electron chi connectivity index (χ2n) is 5.91. The summed E-state index contributed by atoms with van der Waals surface area (Å²) in [7, 11) is 4.20. The molecule has 0 aromatic carbocycles. The fourth-order valence-electron chi connectivity index (χ4n) is 3.18. The van der Waals surface area contributed by atoms with Crippen LogP contribution in [-0.4, -0.2) is 38.3 Å². The molecule has 112 valence electrons. The summed E-state index contributed by atoms with van der Waals surface area (Å²) in [5.41, 5.74) is 1.31. The van der Waals surface area contributed by atoms with Gasteiger partial charge >= 0.3 is 0 Å². The Hall–Kier alpha value is -0.650. The molecule has 2 unspecified atom stereocenters. The fourth-order valence-corrected chi connectivity index (χ4v) is 4.41. The molecule has 2 heterocycles. The Kier molecular flexibility index (Phi) is 4.58. The Morgan fingerprint density at radius 2 is 2.25 bits per heavy atom. The maximum atomic E-state index is 5.84. The van der Waals surface area contributed by atoms with E-state index >= 15 is 0 Å². The first-order valence-corrected chi connectivity index (χ1v) is 8.59. The molecule has 1 aromatic heterocycles. The molecule has 2 aliphatic rings. The molecule has 0 amide bonds. The molecule has 0 spiro atoms. The molecule has 1 N–H and O–H groups in total. The minimum atomic E-state index is 0.384. The van der Waals surface area contributed by atoms with Gasteiger partial charge in [0.05, 0.1) is 11.8 Å². The van der Waals surface area contributed by atoms with Gasteiger partial charge in [-0.05, 0) is 45.6 Å². The molecule has 1 aromatic rings. The first kappa shape index (κ1) is 14.3. The van der Waals surface area contributed by atoms with E-state index in [4.69, 9.17) is 9.72 Å². The van der Waals surface area contributed by atoms with Gasteiger partial charge in [-0.3, -0.25) is 0 Å². The molecule has 4 nitrogen and oxygen atoms in total. The monoisotopic (exact) mass is 295 g/mol. The number of fused-ring (bicyclic) bond motifs is 1. The summed E-state index contributed by atoms with van der Waals surface area (Å²) in [6.07, 6.45) is 7.71. The number of anilines is 1. The molecule has 3 rings (SSSR count). The molecule has 0 bridgehead atoms. The quantitative estimate of drug-likeness (QED) is 0.927. The zero-order chi connectivity index (χ0) is 13.9. The van der Waals surface area contributed by atoms with Crippen LogP contribution in [0.25, 0.3) is 0 Å². The topological polar surface area (TPSA) is 37.4 Å². The van der Waals surface area contributed by atoms with Gasteiger partial charge in [-0.1, -0.05) is 11.3 Å². The van der Waals surface area contributed by atoms with Crippen molar-refractivity contribution in [2.45, 2.75) is 50.7 Å². The van der Waals surface area contributed by atoms with Crippen molar-refractivity contribution in [2.75, 3.05) is 32.1 Å². The number of aromatic nitrogens is 1. The van der Waals surface area contributed by atoms with Crippen LogP contribution in [0.15, 0.2) is 0 Å². The van der Waals surface area contributed by atoms with Crippen LogP contribution < -0.4 is 10.2 Å². The third-order valence-corrected chi connectivity index (χ3v) is 5.69. The van der Waals surface area contributed by atoms with E-state index in [0.717, 1.165) is 24.7 Å². The van der Waals surface area contributed by atoms with Crippen LogP contribution in [0.2, 0.25) is 0 Å². The number of nitrogens with zero attached hydrogens (tertiary/aromatic N) is 2. The Labute approximate surface area is 125 Å². The predicted molar refractivity (Wildman–Crippen MR) is 83.7 cm³/mol. The lowest BCUT2D eigenvalue weighted by atomic mass is 9.98. The molecule has 1 aliphatic heterocycles. The highest BCUT2D eigenvalue weighted by Crippen LogP contribution is 2.37. The van der Waals surface area contributed by atoms with Crippen LogP contribution in [0.5, 0.6) is 0 Å². The van der Waals surface area contributed by atoms with Gasteiger partial charge in [0.2, 0.25) is 0 Å². The van der Waals surface area contributed by atoms with Gasteiger partial charge in [-0.15, -0.1) is 0 Å². The zero-order valence-electron chi connectivity index (χ0n) is 12.5. The van der Waals surface area contributed by atoms with E-state index < -0.39 is 0 Å². The molecular weight excluding hydrogens is 270 g/mol. The van der Waals surface area contributed by atoms with E-state index in [1.165, 1.54) is 42.7 Å². The average molecular weight is 295 g/mol. The summed E-state index contributed by atoms with van der Waals surface area (Å²) in [5, 5.41) is 4.58. The normalized spacial score (nSPS) is 26.3. The highest BCUT2D eigenvalue weighted by Gasteiger charge is 2.25. The average Bonchev–Trinajstić information content (AvgIpc) is 2.92. The SMILES string of the molecule is CNC1CCCc2nc(N(C)CC3CCCCO3)sc21. The molecule has 2 atom stereocenters. The van der Waals surface area contributed by atoms with Crippen LogP contribution in [0, 0.1) is 0 Å². The van der Waals surface area contributed by atoms with E-state index in [9.17, 15) is 0 Å². The lowest BCUT2D eigenvalue weighted by Gasteiger charge is -2.27. The number of thiazole rings is 1. The Morgan fingerprint density at radius 3 is 3.00 bits per heavy atom. The number of aryl methyl sites for hydroxylation is 1. The van der Waals surface area contributed by atoms with Crippen molar-refractivity contribution in [1.29, 1.82) is 0 Å². The third-order valence-electron chi connectivity index (χ3n) is 4.37. The van der Waals surface area contributed by atoms with Crippen molar-refractivity contribution in [3.05, 3.63) is 10.6 Å². The van der Waals surface area contributed by atoms with Crippen LogP contribution in [-0.2, 0) is 11.2 Å². The zero-order valence-corrected chi connectivity index (χ0v) is 13.3. The summed E-state index contributed by atoms with van der Waals surface area (Å²) in [5.74, 6) is 0. The number of likely N-dealkylation sites (N-methyl/N-ethyl adjacent to an activating group) is 1. The van der Waals surface area contributed by atoms with Crippen molar-refractivity contribution < 1.29 is 4.74 Å². The second-order valence-corrected chi connectivity index (χ2v) is 6.92. The van der Waals surface area contributed by atoms with Crippen LogP contribution in [0.4, 0.5) is 5.13 Å². The van der Waals surface area contributed by atoms with E-state index in [1.807, 2.05) is 11.3 Å². The summed E-state index contributed by atoms with van der Waals surface area (Å²) in [6.45, 7) is 1.89. The number of hydrogen-bond donors (Lipinski definition) is 1. The van der Waals surface area contributed by atoms with Gasteiger partial charge in [-0.25, -0.2) is 4.98 Å². The standard InChI is InChI=1S/C15H25N3OS/c1-16-12-7-5-8-13-14(12)20-15(17-13)18(2)10-11-6-3-4-9-19-11/h11-12,16H,3-10H2,1-2H3. The van der Waals surface area contributed by atoms with Crippen molar-refractivity contribution in [1.82, 2.24) is 10.3 Å². The van der Waals surface area contributed by atoms with E-state index in [1.54, 1.807) is 0 Å². The molecule has 1 aliphatic carbocycles. The number of hydrogen-bond acceptors (Lipinski definition) is 5. The predicted octanol–water partition coefficient (Wildman–Crippen LogP) is 2.75. The number of rotatable bonds is 4. The summed E-state index contributed by atoms with van der Waals surface area (Å²) >= 11 is 1.86. The first-order valence-electron chi connectivity index (χ1n) is 7.77. The number of ether oxygens (including phenoxy) is 1. The Bertz CT molecular complexity index is 442. The Morgan fingerprint density at radius 1 is 1.35 bits per heavy atom. The fraction of sp³-hybridized carbons (Fsp3) is 0.800. The van der Waals surface area contributed by atoms with E-state index in [-0.39, 0.29) is 0 Å².